The fraction of sp³-hybridized carbons (Fsp3) is 0.500. The molecule has 3 fully saturated rings. The van der Waals surface area contributed by atoms with E-state index in [0.29, 0.717) is 0 Å². The van der Waals surface area contributed by atoms with Crippen molar-refractivity contribution in [2.75, 3.05) is 19.0 Å². The summed E-state index contributed by atoms with van der Waals surface area (Å²) in [6.07, 6.45) is 0.788. The number of carbonyl (C=O) groups excluding carboxylic acids is 2. The second-order valence-corrected chi connectivity index (χ2v) is 12.2. The van der Waals surface area contributed by atoms with Crippen LogP contribution in [0, 0.1) is 29.6 Å². The highest BCUT2D eigenvalue weighted by atomic mass is 32.2. The molecule has 2 bridgehead atoms. The number of carbonyl (C=O) groups is 3. The van der Waals surface area contributed by atoms with Gasteiger partial charge in [-0.25, -0.2) is 4.79 Å². The minimum absolute atomic E-state index is 0.00690. The number of thioether (sulfide) groups is 1. The van der Waals surface area contributed by atoms with E-state index < -0.39 is 23.8 Å². The zero-order chi connectivity index (χ0) is 24.0. The number of nitrogens with zero attached hydrogens (tertiary/aromatic N) is 2. The SMILES string of the molecule is C[C@H](C(=O)O)N1C(=O)[C@@H]2[C@H]3C[C@@H]([C@H]2C1=O)[C@H]1[C@@H](c2ccc(N(C)C)cc2)c2sc(=O)[nH]c2S[C@H]31. The third kappa shape index (κ3) is 2.84. The van der Waals surface area contributed by atoms with Gasteiger partial charge in [-0.3, -0.25) is 19.3 Å². The maximum atomic E-state index is 13.4. The van der Waals surface area contributed by atoms with Crippen LogP contribution in [0.3, 0.4) is 0 Å². The molecule has 2 amide bonds. The van der Waals surface area contributed by atoms with Crippen LogP contribution in [0.5, 0.6) is 0 Å². The van der Waals surface area contributed by atoms with E-state index in [4.69, 9.17) is 0 Å². The van der Waals surface area contributed by atoms with E-state index in [1.54, 1.807) is 11.8 Å². The van der Waals surface area contributed by atoms with E-state index in [0.717, 1.165) is 32.5 Å². The molecule has 2 aliphatic heterocycles. The predicted molar refractivity (Wildman–Crippen MR) is 128 cm³/mol. The summed E-state index contributed by atoms with van der Waals surface area (Å²) in [5.74, 6) is -2.73. The molecule has 2 aromatic rings. The molecule has 8 nitrogen and oxygen atoms in total. The van der Waals surface area contributed by atoms with Gasteiger partial charge in [0.25, 0.3) is 0 Å². The van der Waals surface area contributed by atoms with Crippen molar-refractivity contribution >= 4 is 46.6 Å². The number of anilines is 1. The third-order valence-corrected chi connectivity index (χ3v) is 10.9. The predicted octanol–water partition coefficient (Wildman–Crippen LogP) is 2.45. The number of hydrogen-bond acceptors (Lipinski definition) is 7. The van der Waals surface area contributed by atoms with Gasteiger partial charge >= 0.3 is 10.8 Å². The van der Waals surface area contributed by atoms with Crippen LogP contribution in [-0.2, 0) is 14.4 Å². The van der Waals surface area contributed by atoms with Crippen LogP contribution in [-0.4, -0.2) is 58.2 Å². The number of H-pyrrole nitrogens is 1. The second kappa shape index (κ2) is 7.45. The average molecular weight is 500 g/mol. The first kappa shape index (κ1) is 21.9. The van der Waals surface area contributed by atoms with Crippen LogP contribution < -0.4 is 9.77 Å². The van der Waals surface area contributed by atoms with Gasteiger partial charge in [0.1, 0.15) is 6.04 Å². The van der Waals surface area contributed by atoms with Crippen molar-refractivity contribution in [3.05, 3.63) is 44.4 Å². The highest BCUT2D eigenvalue weighted by Crippen LogP contribution is 2.68. The number of carboxylic acid groups (broad SMARTS) is 1. The number of carboxylic acids is 1. The van der Waals surface area contributed by atoms with Crippen molar-refractivity contribution in [2.24, 2.45) is 29.6 Å². The molecule has 0 radical (unpaired) electrons. The summed E-state index contributed by atoms with van der Waals surface area (Å²) < 4.78 is 0. The lowest BCUT2D eigenvalue weighted by Gasteiger charge is -2.43. The maximum absolute atomic E-state index is 13.4. The maximum Gasteiger partial charge on any atom is 0.326 e. The number of amides is 2. The number of aromatic nitrogens is 1. The van der Waals surface area contributed by atoms with E-state index in [-0.39, 0.29) is 45.6 Å². The molecule has 2 N–H and O–H groups in total. The smallest absolute Gasteiger partial charge is 0.326 e. The zero-order valence-corrected chi connectivity index (χ0v) is 20.6. The summed E-state index contributed by atoms with van der Waals surface area (Å²) in [4.78, 5) is 57.6. The first-order chi connectivity index (χ1) is 16.2. The highest BCUT2D eigenvalue weighted by Gasteiger charge is 2.70. The Labute approximate surface area is 204 Å². The minimum atomic E-state index is -1.17. The molecular weight excluding hydrogens is 474 g/mol. The van der Waals surface area contributed by atoms with Gasteiger partial charge in [0.05, 0.1) is 16.9 Å². The zero-order valence-electron chi connectivity index (χ0n) is 18.9. The molecule has 34 heavy (non-hydrogen) atoms. The van der Waals surface area contributed by atoms with Crippen molar-refractivity contribution < 1.29 is 19.5 Å². The molecule has 1 aromatic heterocycles. The number of benzene rings is 1. The number of aliphatic carboxylic acids is 1. The van der Waals surface area contributed by atoms with Gasteiger partial charge in [-0.1, -0.05) is 23.5 Å². The topological polar surface area (TPSA) is 111 Å². The molecule has 4 aliphatic rings. The lowest BCUT2D eigenvalue weighted by atomic mass is 9.68. The Morgan fingerprint density at radius 3 is 2.38 bits per heavy atom. The number of fused-ring (bicyclic) bond motifs is 9. The molecule has 1 saturated heterocycles. The lowest BCUT2D eigenvalue weighted by molar-refractivity contribution is -0.154. The van der Waals surface area contributed by atoms with Gasteiger partial charge < -0.3 is 15.0 Å². The van der Waals surface area contributed by atoms with Crippen LogP contribution in [0.25, 0.3) is 0 Å². The molecule has 0 spiro atoms. The first-order valence-corrected chi connectivity index (χ1v) is 13.1. The Kier molecular flexibility index (Phi) is 4.80. The van der Waals surface area contributed by atoms with Gasteiger partial charge in [0, 0.05) is 35.8 Å². The van der Waals surface area contributed by atoms with Crippen LogP contribution in [0.2, 0.25) is 0 Å². The summed E-state index contributed by atoms with van der Waals surface area (Å²) in [5.41, 5.74) is 2.19. The summed E-state index contributed by atoms with van der Waals surface area (Å²) in [6.45, 7) is 1.40. The monoisotopic (exact) mass is 499 g/mol. The summed E-state index contributed by atoms with van der Waals surface area (Å²) in [6, 6.07) is 7.18. The third-order valence-electron chi connectivity index (χ3n) is 8.27. The molecule has 8 atom stereocenters. The summed E-state index contributed by atoms with van der Waals surface area (Å²) in [7, 11) is 3.97. The summed E-state index contributed by atoms with van der Waals surface area (Å²) in [5, 5.41) is 10.4. The number of hydrogen-bond donors (Lipinski definition) is 2. The number of thiazole rings is 1. The normalized spacial score (nSPS) is 34.1. The van der Waals surface area contributed by atoms with Gasteiger partial charge in [-0.15, -0.1) is 11.8 Å². The van der Waals surface area contributed by atoms with Crippen LogP contribution in [0.4, 0.5) is 5.69 Å². The Hall–Kier alpha value is -2.59. The number of likely N-dealkylation sites (tertiary alicyclic amines) is 1. The van der Waals surface area contributed by atoms with Gasteiger partial charge in [0.15, 0.2) is 0 Å². The Morgan fingerprint density at radius 1 is 1.12 bits per heavy atom. The Bertz CT molecular complexity index is 1270. The van der Waals surface area contributed by atoms with Gasteiger partial charge in [0.2, 0.25) is 11.8 Å². The fourth-order valence-corrected chi connectivity index (χ4v) is 9.77. The van der Waals surface area contributed by atoms with E-state index in [1.807, 2.05) is 19.0 Å². The highest BCUT2D eigenvalue weighted by molar-refractivity contribution is 8.00. The molecule has 1 aromatic carbocycles. The van der Waals surface area contributed by atoms with Gasteiger partial charge in [-0.2, -0.15) is 0 Å². The van der Waals surface area contributed by atoms with Crippen molar-refractivity contribution in [1.82, 2.24) is 9.88 Å². The largest absolute Gasteiger partial charge is 0.480 e. The second-order valence-electron chi connectivity index (χ2n) is 10.0. The fourth-order valence-electron chi connectivity index (χ4n) is 6.89. The molecule has 6 rings (SSSR count). The molecule has 10 heteroatoms. The number of imide groups is 1. The van der Waals surface area contributed by atoms with Crippen LogP contribution >= 0.6 is 23.1 Å². The average Bonchev–Trinajstić information content (AvgIpc) is 3.52. The van der Waals surface area contributed by atoms with Crippen molar-refractivity contribution in [3.63, 3.8) is 0 Å². The standard InChI is InChI=1S/C24H25N3O5S2/c1-9(23(30)31)27-21(28)16-12-8-13(17(16)22(27)29)18-15(12)14(19-20(33-18)25-24(32)34-19)10-4-6-11(7-5-10)26(2)3/h4-7,9,12-18H,8H2,1-3H3,(H,25,32)(H,30,31)/t9-,12-,13-,14-,15+,16-,17-,18-/m1/s1. The molecule has 0 unspecified atom stereocenters. The van der Waals surface area contributed by atoms with E-state index in [9.17, 15) is 24.3 Å². The molecule has 2 aliphatic carbocycles. The molecule has 2 saturated carbocycles. The lowest BCUT2D eigenvalue weighted by Crippen LogP contribution is -2.44. The van der Waals surface area contributed by atoms with E-state index in [2.05, 4.69) is 29.2 Å². The van der Waals surface area contributed by atoms with Crippen LogP contribution in [0.15, 0.2) is 34.1 Å². The van der Waals surface area contributed by atoms with Crippen LogP contribution in [0.1, 0.15) is 29.7 Å². The van der Waals surface area contributed by atoms with Crippen molar-refractivity contribution in [1.29, 1.82) is 0 Å². The molecule has 178 valence electrons. The number of nitrogens with one attached hydrogen (secondary N) is 1. The Balaban J connectivity index is 1.43. The van der Waals surface area contributed by atoms with Crippen molar-refractivity contribution in [3.8, 4) is 0 Å². The van der Waals surface area contributed by atoms with E-state index >= 15 is 0 Å². The molecule has 3 heterocycles. The minimum Gasteiger partial charge on any atom is -0.480 e. The van der Waals surface area contributed by atoms with Gasteiger partial charge in [-0.05, 0) is 48.8 Å². The first-order valence-electron chi connectivity index (χ1n) is 11.5. The quantitative estimate of drug-likeness (QED) is 0.622. The Morgan fingerprint density at radius 2 is 1.76 bits per heavy atom. The number of rotatable bonds is 4. The molecular formula is C24H25N3O5S2. The number of aromatic amines is 1. The van der Waals surface area contributed by atoms with Crippen molar-refractivity contribution in [2.45, 2.75) is 35.6 Å². The summed E-state index contributed by atoms with van der Waals surface area (Å²) >= 11 is 2.87. The van der Waals surface area contributed by atoms with E-state index in [1.165, 1.54) is 18.3 Å².